The molecule has 1 atom stereocenters. The Bertz CT molecular complexity index is 330. The zero-order valence-corrected chi connectivity index (χ0v) is 10.8. The quantitative estimate of drug-likeness (QED) is 0.879. The van der Waals surface area contributed by atoms with E-state index in [0.717, 1.165) is 18.0 Å². The average Bonchev–Trinajstić information content (AvgIpc) is 2.70. The van der Waals surface area contributed by atoms with E-state index in [-0.39, 0.29) is 0 Å². The molecule has 1 saturated heterocycles. The second kappa shape index (κ2) is 5.25. The Morgan fingerprint density at radius 1 is 1.56 bits per heavy atom. The molecule has 2 heterocycles. The highest BCUT2D eigenvalue weighted by molar-refractivity contribution is 7.09. The van der Waals surface area contributed by atoms with Crippen molar-refractivity contribution in [3.05, 3.63) is 16.1 Å². The minimum atomic E-state index is -0.428. The van der Waals surface area contributed by atoms with E-state index in [4.69, 9.17) is 0 Å². The fourth-order valence-electron chi connectivity index (χ4n) is 2.12. The largest absolute Gasteiger partial charge is 0.387 e. The minimum Gasteiger partial charge on any atom is -0.387 e. The fraction of sp³-hybridized carbons (Fsp3) is 0.750. The molecule has 0 aliphatic carbocycles. The smallest absolute Gasteiger partial charge is 0.0940 e. The van der Waals surface area contributed by atoms with Crippen LogP contribution >= 0.6 is 11.3 Å². The first-order valence-corrected chi connectivity index (χ1v) is 6.84. The fourth-order valence-corrected chi connectivity index (χ4v) is 3.12. The van der Waals surface area contributed by atoms with Crippen LogP contribution in [0.5, 0.6) is 0 Å². The molecule has 1 aromatic heterocycles. The first-order chi connectivity index (χ1) is 7.65. The molecule has 0 spiro atoms. The third kappa shape index (κ3) is 3.03. The van der Waals surface area contributed by atoms with Crippen molar-refractivity contribution in [2.75, 3.05) is 20.1 Å². The van der Waals surface area contributed by atoms with E-state index in [9.17, 15) is 5.11 Å². The van der Waals surface area contributed by atoms with Crippen LogP contribution in [0, 0.1) is 5.92 Å². The predicted molar refractivity (Wildman–Crippen MR) is 66.7 cm³/mol. The summed E-state index contributed by atoms with van der Waals surface area (Å²) >= 11 is 1.69. The van der Waals surface area contributed by atoms with Gasteiger partial charge in [-0.3, -0.25) is 0 Å². The number of piperidine rings is 1. The highest BCUT2D eigenvalue weighted by Gasteiger charge is 2.18. The van der Waals surface area contributed by atoms with E-state index in [1.165, 1.54) is 30.9 Å². The molecule has 1 aromatic rings. The Morgan fingerprint density at radius 2 is 2.25 bits per heavy atom. The van der Waals surface area contributed by atoms with Gasteiger partial charge in [-0.2, -0.15) is 0 Å². The Balaban J connectivity index is 1.88. The normalized spacial score (nSPS) is 21.2. The van der Waals surface area contributed by atoms with Crippen LogP contribution in [0.3, 0.4) is 0 Å². The molecule has 1 aliphatic heterocycles. The van der Waals surface area contributed by atoms with Crippen LogP contribution < -0.4 is 0 Å². The van der Waals surface area contributed by atoms with Crippen LogP contribution in [0.2, 0.25) is 0 Å². The molecule has 90 valence electrons. The molecule has 1 unspecified atom stereocenters. The Hall–Kier alpha value is -0.450. The monoisotopic (exact) mass is 240 g/mol. The lowest BCUT2D eigenvalue weighted by molar-refractivity contribution is 0.194. The molecule has 0 saturated carbocycles. The predicted octanol–water partition coefficient (Wildman–Crippen LogP) is 2.08. The summed E-state index contributed by atoms with van der Waals surface area (Å²) < 4.78 is 0. The molecule has 1 aliphatic rings. The Labute approximate surface area is 101 Å². The molecule has 0 aromatic carbocycles. The zero-order valence-electron chi connectivity index (χ0n) is 10.0. The maximum atomic E-state index is 9.42. The molecule has 0 bridgehead atoms. The second-order valence-corrected chi connectivity index (χ2v) is 5.74. The molecular weight excluding hydrogens is 220 g/mol. The Morgan fingerprint density at radius 3 is 2.81 bits per heavy atom. The van der Waals surface area contributed by atoms with E-state index >= 15 is 0 Å². The van der Waals surface area contributed by atoms with Crippen LogP contribution in [0.25, 0.3) is 0 Å². The van der Waals surface area contributed by atoms with Crippen molar-refractivity contribution in [2.45, 2.75) is 32.3 Å². The third-order valence-corrected chi connectivity index (χ3v) is 4.19. The van der Waals surface area contributed by atoms with Gasteiger partial charge in [-0.15, -0.1) is 11.3 Å². The van der Waals surface area contributed by atoms with Crippen LogP contribution in [0.15, 0.2) is 5.38 Å². The number of hydrogen-bond donors (Lipinski definition) is 1. The lowest BCUT2D eigenvalue weighted by atomic mass is 9.94. The molecule has 1 fully saturated rings. The number of rotatable bonds is 3. The topological polar surface area (TPSA) is 36.4 Å². The van der Waals surface area contributed by atoms with Crippen molar-refractivity contribution in [3.8, 4) is 0 Å². The minimum absolute atomic E-state index is 0.428. The first kappa shape index (κ1) is 12.0. The van der Waals surface area contributed by atoms with Crippen LogP contribution in [0.4, 0.5) is 0 Å². The molecular formula is C12H20N2OS. The molecule has 4 heteroatoms. The summed E-state index contributed by atoms with van der Waals surface area (Å²) in [5.74, 6) is 0.782. The number of likely N-dealkylation sites (tertiary alicyclic amines) is 1. The van der Waals surface area contributed by atoms with E-state index < -0.39 is 6.10 Å². The number of aliphatic hydroxyl groups is 1. The Kier molecular flexibility index (Phi) is 3.95. The van der Waals surface area contributed by atoms with Gasteiger partial charge in [-0.05, 0) is 45.8 Å². The van der Waals surface area contributed by atoms with Crippen LogP contribution in [-0.2, 0) is 6.42 Å². The van der Waals surface area contributed by atoms with Crippen molar-refractivity contribution in [1.82, 2.24) is 9.88 Å². The van der Waals surface area contributed by atoms with Crippen molar-refractivity contribution in [1.29, 1.82) is 0 Å². The van der Waals surface area contributed by atoms with E-state index in [2.05, 4.69) is 16.9 Å². The van der Waals surface area contributed by atoms with Gasteiger partial charge in [0.25, 0.3) is 0 Å². The number of aliphatic hydroxyl groups excluding tert-OH is 1. The van der Waals surface area contributed by atoms with Gasteiger partial charge >= 0.3 is 0 Å². The van der Waals surface area contributed by atoms with Crippen LogP contribution in [0.1, 0.15) is 36.6 Å². The van der Waals surface area contributed by atoms with Crippen molar-refractivity contribution >= 4 is 11.3 Å². The van der Waals surface area contributed by atoms with Crippen LogP contribution in [-0.4, -0.2) is 35.1 Å². The summed E-state index contributed by atoms with van der Waals surface area (Å²) in [6.45, 7) is 4.19. The molecule has 1 N–H and O–H groups in total. The summed E-state index contributed by atoms with van der Waals surface area (Å²) in [5, 5.41) is 12.6. The maximum Gasteiger partial charge on any atom is 0.0940 e. The number of thiazole rings is 1. The van der Waals surface area contributed by atoms with Gasteiger partial charge < -0.3 is 10.0 Å². The van der Waals surface area contributed by atoms with Crippen molar-refractivity contribution < 1.29 is 5.11 Å². The van der Waals surface area contributed by atoms with Gasteiger partial charge in [0.1, 0.15) is 0 Å². The maximum absolute atomic E-state index is 9.42. The number of aromatic nitrogens is 1. The van der Waals surface area contributed by atoms with E-state index in [0.29, 0.717) is 0 Å². The van der Waals surface area contributed by atoms with Gasteiger partial charge in [-0.25, -0.2) is 4.98 Å². The number of nitrogens with zero attached hydrogens (tertiary/aromatic N) is 2. The summed E-state index contributed by atoms with van der Waals surface area (Å²) in [5.41, 5.74) is 0.827. The first-order valence-electron chi connectivity index (χ1n) is 5.96. The summed E-state index contributed by atoms with van der Waals surface area (Å²) in [4.78, 5) is 6.87. The molecule has 2 rings (SSSR count). The van der Waals surface area contributed by atoms with Gasteiger partial charge in [0.05, 0.1) is 16.8 Å². The van der Waals surface area contributed by atoms with Gasteiger partial charge in [-0.1, -0.05) is 0 Å². The molecule has 0 radical (unpaired) electrons. The number of hydrogen-bond acceptors (Lipinski definition) is 4. The highest BCUT2D eigenvalue weighted by Crippen LogP contribution is 2.24. The highest BCUT2D eigenvalue weighted by atomic mass is 32.1. The van der Waals surface area contributed by atoms with Gasteiger partial charge in [0, 0.05) is 11.8 Å². The van der Waals surface area contributed by atoms with Gasteiger partial charge in [0.15, 0.2) is 0 Å². The second-order valence-electron chi connectivity index (χ2n) is 4.79. The summed E-state index contributed by atoms with van der Waals surface area (Å²) in [6.07, 6.45) is 3.22. The molecule has 3 nitrogen and oxygen atoms in total. The van der Waals surface area contributed by atoms with Crippen molar-refractivity contribution in [2.24, 2.45) is 5.92 Å². The molecule has 0 amide bonds. The molecule has 16 heavy (non-hydrogen) atoms. The zero-order chi connectivity index (χ0) is 11.5. The lowest BCUT2D eigenvalue weighted by Crippen LogP contribution is -2.30. The average molecular weight is 240 g/mol. The SMILES string of the molecule is CC(O)c1csc(CC2CCN(C)CC2)n1. The third-order valence-electron chi connectivity index (χ3n) is 3.30. The van der Waals surface area contributed by atoms with Gasteiger partial charge in [0.2, 0.25) is 0 Å². The summed E-state index contributed by atoms with van der Waals surface area (Å²) in [6, 6.07) is 0. The summed E-state index contributed by atoms with van der Waals surface area (Å²) in [7, 11) is 2.19. The lowest BCUT2D eigenvalue weighted by Gasteiger charge is -2.28. The standard InChI is InChI=1S/C12H20N2OS/c1-9(15)11-8-16-12(13-11)7-10-3-5-14(2)6-4-10/h8-10,15H,3-7H2,1-2H3. The van der Waals surface area contributed by atoms with E-state index in [1.807, 2.05) is 5.38 Å². The van der Waals surface area contributed by atoms with Crippen molar-refractivity contribution in [3.63, 3.8) is 0 Å². The van der Waals surface area contributed by atoms with E-state index in [1.54, 1.807) is 18.3 Å².